The summed E-state index contributed by atoms with van der Waals surface area (Å²) in [6, 6.07) is 4.22. The van der Waals surface area contributed by atoms with Crippen LogP contribution in [0.3, 0.4) is 0 Å². The number of ether oxygens (including phenoxy) is 1. The Balaban J connectivity index is 1.49. The summed E-state index contributed by atoms with van der Waals surface area (Å²) >= 11 is 6.03. The van der Waals surface area contributed by atoms with E-state index in [9.17, 15) is 18.0 Å². The van der Waals surface area contributed by atoms with E-state index in [-0.39, 0.29) is 47.8 Å². The van der Waals surface area contributed by atoms with Crippen molar-refractivity contribution in [2.45, 2.75) is 44.1 Å². The Kier molecular flexibility index (Phi) is 8.80. The van der Waals surface area contributed by atoms with Gasteiger partial charge < -0.3 is 29.2 Å². The first-order valence-electron chi connectivity index (χ1n) is 13.9. The topological polar surface area (TPSA) is 69.4 Å². The zero-order valence-corrected chi connectivity index (χ0v) is 24.2. The molecule has 42 heavy (non-hydrogen) atoms. The summed E-state index contributed by atoms with van der Waals surface area (Å²) in [5, 5.41) is -0.350. The lowest BCUT2D eigenvalue weighted by molar-refractivity contribution is -0.137. The molecule has 2 saturated heterocycles. The van der Waals surface area contributed by atoms with Crippen LogP contribution in [-0.2, 0) is 23.9 Å². The minimum Gasteiger partial charge on any atom is -0.462 e. The molecular formula is C29H33ClF3N7O2. The van der Waals surface area contributed by atoms with Crippen molar-refractivity contribution in [3.63, 3.8) is 0 Å². The van der Waals surface area contributed by atoms with Crippen LogP contribution in [0.2, 0.25) is 5.02 Å². The van der Waals surface area contributed by atoms with Gasteiger partial charge in [0.2, 0.25) is 12.5 Å². The molecule has 0 N–H and O–H groups in total. The van der Waals surface area contributed by atoms with Gasteiger partial charge in [0.15, 0.2) is 0 Å². The Labute approximate surface area is 248 Å². The van der Waals surface area contributed by atoms with Crippen LogP contribution in [0.15, 0.2) is 30.9 Å². The Hall–Kier alpha value is -3.56. The second-order valence-electron chi connectivity index (χ2n) is 10.8. The predicted octanol–water partition coefficient (Wildman–Crippen LogP) is 4.31. The first kappa shape index (κ1) is 29.9. The van der Waals surface area contributed by atoms with Crippen molar-refractivity contribution in [1.82, 2.24) is 19.8 Å². The van der Waals surface area contributed by atoms with Crippen LogP contribution in [0, 0.1) is 6.57 Å². The number of aromatic nitrogens is 2. The van der Waals surface area contributed by atoms with Crippen LogP contribution >= 0.6 is 11.6 Å². The number of hydrogen-bond donors (Lipinski definition) is 0. The molecule has 1 aromatic carbocycles. The summed E-state index contributed by atoms with van der Waals surface area (Å²) in [5.41, 5.74) is 0.553. The van der Waals surface area contributed by atoms with Crippen molar-refractivity contribution < 1.29 is 22.7 Å². The van der Waals surface area contributed by atoms with E-state index in [0.29, 0.717) is 50.7 Å². The molecular weight excluding hydrogens is 571 g/mol. The standard InChI is InChI=1S/C29H33ClF3N7O2/c1-4-25(41)40-14-13-39(16-20(40)15-34-2)27-21-10-12-38(24-9-5-8-22(30)26(24)29(31,32)33)17-23(21)35-28(36-27)42-18-19-7-6-11-37(19)3/h4-5,8-9,19-20H,1,6-7,10-18H2,3H3/t19-,20?/m0/s1. The van der Waals surface area contributed by atoms with Crippen LogP contribution in [0.4, 0.5) is 24.7 Å². The molecule has 13 heteroatoms. The molecule has 0 radical (unpaired) electrons. The number of piperazine rings is 1. The number of carbonyl (C=O) groups is 1. The van der Waals surface area contributed by atoms with Gasteiger partial charge in [-0.3, -0.25) is 4.79 Å². The van der Waals surface area contributed by atoms with Crippen LogP contribution in [0.25, 0.3) is 4.85 Å². The number of carbonyl (C=O) groups excluding carboxylic acids is 1. The summed E-state index contributed by atoms with van der Waals surface area (Å²) in [7, 11) is 2.04. The molecule has 224 valence electrons. The fourth-order valence-corrected chi connectivity index (χ4v) is 6.33. The molecule has 2 fully saturated rings. The van der Waals surface area contributed by atoms with E-state index in [4.69, 9.17) is 32.9 Å². The number of benzene rings is 1. The number of likely N-dealkylation sites (N-methyl/N-ethyl adjacent to an activating group) is 1. The highest BCUT2D eigenvalue weighted by Gasteiger charge is 2.39. The minimum atomic E-state index is -4.62. The normalized spacial score (nSPS) is 21.2. The highest BCUT2D eigenvalue weighted by atomic mass is 35.5. The largest absolute Gasteiger partial charge is 0.462 e. The summed E-state index contributed by atoms with van der Waals surface area (Å²) in [6.07, 6.45) is -0.890. The fourth-order valence-electron chi connectivity index (χ4n) is 6.05. The smallest absolute Gasteiger partial charge is 0.419 e. The van der Waals surface area contributed by atoms with Gasteiger partial charge in [0.25, 0.3) is 0 Å². The van der Waals surface area contributed by atoms with Crippen molar-refractivity contribution >= 4 is 29.0 Å². The van der Waals surface area contributed by atoms with Crippen molar-refractivity contribution in [3.8, 4) is 6.01 Å². The average molecular weight is 604 g/mol. The summed E-state index contributed by atoms with van der Waals surface area (Å²) in [5.74, 6) is 0.410. The van der Waals surface area contributed by atoms with E-state index in [1.807, 2.05) is 11.9 Å². The molecule has 1 amide bonds. The first-order chi connectivity index (χ1) is 20.1. The molecule has 0 spiro atoms. The van der Waals surface area contributed by atoms with E-state index in [1.165, 1.54) is 24.3 Å². The lowest BCUT2D eigenvalue weighted by Crippen LogP contribution is -2.56. The summed E-state index contributed by atoms with van der Waals surface area (Å²) in [4.78, 5) is 33.1. The molecule has 3 aliphatic heterocycles. The number of anilines is 2. The number of alkyl halides is 3. The Morgan fingerprint density at radius 1 is 1.21 bits per heavy atom. The third-order valence-corrected chi connectivity index (χ3v) is 8.57. The molecule has 4 heterocycles. The molecule has 0 aliphatic carbocycles. The zero-order valence-electron chi connectivity index (χ0n) is 23.4. The first-order valence-corrected chi connectivity index (χ1v) is 14.3. The van der Waals surface area contributed by atoms with Gasteiger partial charge in [0.1, 0.15) is 18.5 Å². The lowest BCUT2D eigenvalue weighted by Gasteiger charge is -2.41. The second-order valence-corrected chi connectivity index (χ2v) is 11.2. The van der Waals surface area contributed by atoms with Gasteiger partial charge in [-0.2, -0.15) is 23.1 Å². The SMILES string of the molecule is [C-]#[N+]CC1CN(c2nc(OC[C@@H]3CCCN3C)nc3c2CCN(c2cccc(Cl)c2C(F)(F)F)C3)CCN1C(=O)C=C. The number of amides is 1. The van der Waals surface area contributed by atoms with E-state index in [0.717, 1.165) is 24.9 Å². The fraction of sp³-hybridized carbons (Fsp3) is 0.517. The van der Waals surface area contributed by atoms with Gasteiger partial charge in [0.05, 0.1) is 28.5 Å². The van der Waals surface area contributed by atoms with Gasteiger partial charge in [-0.05, 0) is 51.1 Å². The number of halogens is 4. The number of nitrogens with zero attached hydrogens (tertiary/aromatic N) is 7. The molecule has 5 rings (SSSR count). The van der Waals surface area contributed by atoms with Crippen LogP contribution in [0.5, 0.6) is 6.01 Å². The van der Waals surface area contributed by atoms with E-state index in [1.54, 1.807) is 9.80 Å². The minimum absolute atomic E-state index is 0.00420. The molecule has 9 nitrogen and oxygen atoms in total. The zero-order chi connectivity index (χ0) is 30.0. The molecule has 0 bridgehead atoms. The maximum atomic E-state index is 14.0. The summed E-state index contributed by atoms with van der Waals surface area (Å²) in [6.45, 7) is 14.2. The maximum Gasteiger partial charge on any atom is 0.419 e. The van der Waals surface area contributed by atoms with Gasteiger partial charge in [-0.15, -0.1) is 0 Å². The highest BCUT2D eigenvalue weighted by molar-refractivity contribution is 6.31. The van der Waals surface area contributed by atoms with Gasteiger partial charge in [-0.1, -0.05) is 24.2 Å². The molecule has 2 aromatic rings. The van der Waals surface area contributed by atoms with Crippen LogP contribution in [-0.4, -0.2) is 90.7 Å². The van der Waals surface area contributed by atoms with Crippen molar-refractivity contribution in [1.29, 1.82) is 0 Å². The molecule has 3 aliphatic rings. The number of hydrogen-bond acceptors (Lipinski definition) is 7. The predicted molar refractivity (Wildman–Crippen MR) is 154 cm³/mol. The number of likely N-dealkylation sites (tertiary alicyclic amines) is 1. The van der Waals surface area contributed by atoms with Gasteiger partial charge in [-0.25, -0.2) is 6.57 Å². The quantitative estimate of drug-likeness (QED) is 0.345. The van der Waals surface area contributed by atoms with Gasteiger partial charge >= 0.3 is 12.2 Å². The van der Waals surface area contributed by atoms with E-state index >= 15 is 0 Å². The van der Waals surface area contributed by atoms with E-state index < -0.39 is 11.7 Å². The molecule has 1 aromatic heterocycles. The molecule has 1 unspecified atom stereocenters. The maximum absolute atomic E-state index is 14.0. The molecule has 0 saturated carbocycles. The molecule has 2 atom stereocenters. The monoisotopic (exact) mass is 603 g/mol. The highest BCUT2D eigenvalue weighted by Crippen LogP contribution is 2.43. The van der Waals surface area contributed by atoms with Crippen molar-refractivity contribution in [3.05, 3.63) is 64.1 Å². The Bertz CT molecular complexity index is 1380. The lowest BCUT2D eigenvalue weighted by atomic mass is 10.0. The second kappa shape index (κ2) is 12.4. The van der Waals surface area contributed by atoms with Crippen LogP contribution in [0.1, 0.15) is 29.7 Å². The number of fused-ring (bicyclic) bond motifs is 1. The third kappa shape index (κ3) is 6.13. The van der Waals surface area contributed by atoms with Crippen molar-refractivity contribution in [2.75, 3.05) is 62.7 Å². The van der Waals surface area contributed by atoms with Gasteiger partial charge in [0, 0.05) is 37.8 Å². The number of rotatable bonds is 7. The van der Waals surface area contributed by atoms with Crippen molar-refractivity contribution in [2.24, 2.45) is 0 Å². The Morgan fingerprint density at radius 3 is 2.71 bits per heavy atom. The average Bonchev–Trinajstić information content (AvgIpc) is 3.38. The van der Waals surface area contributed by atoms with E-state index in [2.05, 4.69) is 16.3 Å². The summed E-state index contributed by atoms with van der Waals surface area (Å²) < 4.78 is 48.1. The Morgan fingerprint density at radius 2 is 2.02 bits per heavy atom. The van der Waals surface area contributed by atoms with Crippen LogP contribution < -0.4 is 14.5 Å². The third-order valence-electron chi connectivity index (χ3n) is 8.26.